The maximum Gasteiger partial charge on any atom is 0.255 e. The van der Waals surface area contributed by atoms with Gasteiger partial charge < -0.3 is 26.4 Å². The van der Waals surface area contributed by atoms with Crippen molar-refractivity contribution >= 4 is 34.5 Å². The number of hydrogen-bond acceptors (Lipinski definition) is 8. The van der Waals surface area contributed by atoms with Gasteiger partial charge in [-0.15, -0.1) is 0 Å². The summed E-state index contributed by atoms with van der Waals surface area (Å²) in [5.41, 5.74) is 16.2. The number of carbonyl (C=O) groups is 4. The zero-order valence-electron chi connectivity index (χ0n) is 26.8. The Morgan fingerprint density at radius 3 is 2.31 bits per heavy atom. The molecule has 0 aliphatic rings. The van der Waals surface area contributed by atoms with Crippen LogP contribution in [-0.4, -0.2) is 64.1 Å². The lowest BCUT2D eigenvalue weighted by Crippen LogP contribution is -2.54. The first-order valence-corrected chi connectivity index (χ1v) is 15.2. The molecule has 0 fully saturated rings. The Morgan fingerprint density at radius 1 is 0.917 bits per heavy atom. The summed E-state index contributed by atoms with van der Waals surface area (Å²) < 4.78 is 6.04. The van der Waals surface area contributed by atoms with E-state index in [2.05, 4.69) is 36.2 Å². The molecule has 5 N–H and O–H groups in total. The molecule has 4 rings (SSSR count). The smallest absolute Gasteiger partial charge is 0.255 e. The molecule has 1 heterocycles. The molecule has 0 radical (unpaired) electrons. The Kier molecular flexibility index (Phi) is 11.6. The molecular formula is C34H37N9O5. The predicted molar refractivity (Wildman–Crippen MR) is 179 cm³/mol. The molecule has 3 aromatic carbocycles. The zero-order valence-corrected chi connectivity index (χ0v) is 26.8. The lowest BCUT2D eigenvalue weighted by atomic mass is 9.99. The molecule has 14 heteroatoms. The van der Waals surface area contributed by atoms with Crippen molar-refractivity contribution in [2.24, 2.45) is 10.8 Å². The average Bonchev–Trinajstić information content (AvgIpc) is 3.05. The van der Waals surface area contributed by atoms with Gasteiger partial charge in [-0.3, -0.25) is 19.2 Å². The Bertz CT molecular complexity index is 1820. The lowest BCUT2D eigenvalue weighted by molar-refractivity contribution is -0.127. The van der Waals surface area contributed by atoms with E-state index in [0.717, 1.165) is 5.56 Å². The Labute approximate surface area is 277 Å². The third-order valence-corrected chi connectivity index (χ3v) is 7.14. The van der Waals surface area contributed by atoms with E-state index in [0.29, 0.717) is 10.9 Å². The van der Waals surface area contributed by atoms with Crippen LogP contribution >= 0.6 is 0 Å². The van der Waals surface area contributed by atoms with Crippen molar-refractivity contribution < 1.29 is 23.9 Å². The first-order valence-electron chi connectivity index (χ1n) is 15.2. The van der Waals surface area contributed by atoms with Crippen LogP contribution < -0.4 is 26.4 Å². The number of nitrogens with two attached hydrogens (primary N) is 1. The molecule has 3 atom stereocenters. The molecule has 0 unspecified atom stereocenters. The minimum Gasteiger partial charge on any atom is -0.492 e. The summed E-state index contributed by atoms with van der Waals surface area (Å²) in [6.45, 7) is 5.34. The van der Waals surface area contributed by atoms with Gasteiger partial charge in [0.25, 0.3) is 11.8 Å². The number of hydrogen-bond donors (Lipinski definition) is 4. The predicted octanol–water partition coefficient (Wildman–Crippen LogP) is 3.62. The van der Waals surface area contributed by atoms with Crippen LogP contribution in [0.25, 0.3) is 21.3 Å². The van der Waals surface area contributed by atoms with E-state index in [1.54, 1.807) is 48.5 Å². The van der Waals surface area contributed by atoms with Gasteiger partial charge in [0.15, 0.2) is 0 Å². The number of azide groups is 1. The Balaban J connectivity index is 1.60. The van der Waals surface area contributed by atoms with Crippen LogP contribution in [0.15, 0.2) is 90.2 Å². The van der Waals surface area contributed by atoms with E-state index < -0.39 is 47.8 Å². The standard InChI is InChI=1S/C34H37N9O5/c1-34(2,3)40-32(46)23-14-8-10-16-29(23)48-20-28(42-43-36)26(17-21-11-5-4-6-12-21)38-33(47)27(18-30(35)44)39-31(45)24-19-37-41-25-15-9-7-13-22(24)25/h4-16,19,26-28H,17-18,20H2,1-3H3,(H2,35,44)(H,38,47)(H,39,45)(H,40,46)/t26-,27-,28+/m0/s1. The minimum atomic E-state index is -1.38. The SMILES string of the molecule is CC(C)(C)NC(=O)c1ccccc1OC[C@@H](N=[N+]=[N-])[C@H](Cc1ccccc1)NC(=O)[C@H](CC(N)=O)NC(=O)c1cnnc2ccccc12. The molecule has 0 bridgehead atoms. The van der Waals surface area contributed by atoms with Crippen molar-refractivity contribution in [3.63, 3.8) is 0 Å². The van der Waals surface area contributed by atoms with E-state index in [-0.39, 0.29) is 35.8 Å². The van der Waals surface area contributed by atoms with Crippen molar-refractivity contribution in [1.29, 1.82) is 0 Å². The highest BCUT2D eigenvalue weighted by atomic mass is 16.5. The fourth-order valence-corrected chi connectivity index (χ4v) is 4.93. The van der Waals surface area contributed by atoms with E-state index in [4.69, 9.17) is 10.5 Å². The molecule has 0 spiro atoms. The van der Waals surface area contributed by atoms with E-state index >= 15 is 0 Å². The van der Waals surface area contributed by atoms with Crippen LogP contribution in [-0.2, 0) is 16.0 Å². The maximum atomic E-state index is 13.8. The number of carbonyl (C=O) groups excluding carboxylic acids is 4. The third kappa shape index (κ3) is 9.74. The van der Waals surface area contributed by atoms with Crippen molar-refractivity contribution in [3.8, 4) is 5.75 Å². The molecule has 4 amide bonds. The fourth-order valence-electron chi connectivity index (χ4n) is 4.93. The zero-order chi connectivity index (χ0) is 34.7. The van der Waals surface area contributed by atoms with Gasteiger partial charge in [0.05, 0.1) is 41.9 Å². The number of benzene rings is 3. The molecule has 0 saturated carbocycles. The van der Waals surface area contributed by atoms with Crippen LogP contribution in [0.1, 0.15) is 53.5 Å². The number of nitrogens with one attached hydrogen (secondary N) is 3. The van der Waals surface area contributed by atoms with Gasteiger partial charge in [-0.05, 0) is 56.5 Å². The minimum absolute atomic E-state index is 0.151. The number of ether oxygens (including phenoxy) is 1. The van der Waals surface area contributed by atoms with Gasteiger partial charge in [0, 0.05) is 21.9 Å². The first-order chi connectivity index (χ1) is 22.9. The highest BCUT2D eigenvalue weighted by molar-refractivity contribution is 6.07. The second kappa shape index (κ2) is 16.0. The summed E-state index contributed by atoms with van der Waals surface area (Å²) in [7, 11) is 0. The summed E-state index contributed by atoms with van der Waals surface area (Å²) >= 11 is 0. The highest BCUT2D eigenvalue weighted by Gasteiger charge is 2.30. The average molecular weight is 652 g/mol. The fraction of sp³-hybridized carbons (Fsp3) is 0.294. The molecule has 48 heavy (non-hydrogen) atoms. The first kappa shape index (κ1) is 34.9. The number of para-hydroxylation sites is 1. The molecule has 248 valence electrons. The van der Waals surface area contributed by atoms with Gasteiger partial charge in [-0.2, -0.15) is 10.2 Å². The second-order valence-electron chi connectivity index (χ2n) is 12.1. The molecule has 4 aromatic rings. The second-order valence-corrected chi connectivity index (χ2v) is 12.1. The molecule has 1 aromatic heterocycles. The molecule has 0 aliphatic carbocycles. The number of rotatable bonds is 14. The monoisotopic (exact) mass is 651 g/mol. The summed E-state index contributed by atoms with van der Waals surface area (Å²) in [4.78, 5) is 55.2. The van der Waals surface area contributed by atoms with Crippen LogP contribution in [0.3, 0.4) is 0 Å². The summed E-state index contributed by atoms with van der Waals surface area (Å²) in [6.07, 6.45) is 0.955. The number of aromatic nitrogens is 2. The molecule has 0 saturated heterocycles. The molecular weight excluding hydrogens is 614 g/mol. The third-order valence-electron chi connectivity index (χ3n) is 7.14. The van der Waals surface area contributed by atoms with Gasteiger partial charge in [-0.1, -0.05) is 65.8 Å². The van der Waals surface area contributed by atoms with Gasteiger partial charge >= 0.3 is 0 Å². The van der Waals surface area contributed by atoms with Crippen LogP contribution in [0.5, 0.6) is 5.75 Å². The van der Waals surface area contributed by atoms with Crippen LogP contribution in [0, 0.1) is 0 Å². The topological polar surface area (TPSA) is 214 Å². The maximum absolute atomic E-state index is 13.8. The molecule has 0 aliphatic heterocycles. The van der Waals surface area contributed by atoms with Crippen LogP contribution in [0.4, 0.5) is 0 Å². The van der Waals surface area contributed by atoms with Crippen molar-refractivity contribution in [2.75, 3.05) is 6.61 Å². The van der Waals surface area contributed by atoms with Crippen molar-refractivity contribution in [3.05, 3.63) is 112 Å². The number of nitrogens with zero attached hydrogens (tertiary/aromatic N) is 5. The summed E-state index contributed by atoms with van der Waals surface area (Å²) in [6, 6.07) is 19.4. The van der Waals surface area contributed by atoms with E-state index in [1.807, 2.05) is 51.1 Å². The quantitative estimate of drug-likeness (QED) is 0.0902. The van der Waals surface area contributed by atoms with Gasteiger partial charge in [-0.25, -0.2) is 0 Å². The van der Waals surface area contributed by atoms with E-state index in [1.165, 1.54) is 6.20 Å². The Morgan fingerprint density at radius 2 is 1.60 bits per heavy atom. The van der Waals surface area contributed by atoms with Gasteiger partial charge in [0.2, 0.25) is 11.8 Å². The van der Waals surface area contributed by atoms with E-state index in [9.17, 15) is 24.7 Å². The normalized spacial score (nSPS) is 12.9. The summed E-state index contributed by atoms with van der Waals surface area (Å²) in [5.74, 6) is -2.33. The summed E-state index contributed by atoms with van der Waals surface area (Å²) in [5, 5.41) is 20.7. The lowest BCUT2D eigenvalue weighted by Gasteiger charge is -2.28. The number of primary amides is 1. The number of amides is 4. The highest BCUT2D eigenvalue weighted by Crippen LogP contribution is 2.21. The Hall–Kier alpha value is -6.01. The largest absolute Gasteiger partial charge is 0.492 e. The van der Waals surface area contributed by atoms with Crippen molar-refractivity contribution in [1.82, 2.24) is 26.1 Å². The van der Waals surface area contributed by atoms with Crippen molar-refractivity contribution in [2.45, 2.75) is 57.3 Å². The molecule has 14 nitrogen and oxygen atoms in total. The number of fused-ring (bicyclic) bond motifs is 1. The van der Waals surface area contributed by atoms with Gasteiger partial charge in [0.1, 0.15) is 11.8 Å². The van der Waals surface area contributed by atoms with Crippen LogP contribution in [0.2, 0.25) is 0 Å².